The summed E-state index contributed by atoms with van der Waals surface area (Å²) in [4.78, 5) is 38.6. The van der Waals surface area contributed by atoms with E-state index >= 15 is 0 Å². The average molecular weight is 399 g/mol. The van der Waals surface area contributed by atoms with Gasteiger partial charge in [0, 0.05) is 30.9 Å². The summed E-state index contributed by atoms with van der Waals surface area (Å²) in [6.07, 6.45) is 1.27. The maximum Gasteiger partial charge on any atom is 0.308 e. The molecule has 0 bridgehead atoms. The molecule has 1 atom stereocenters. The van der Waals surface area contributed by atoms with Crippen LogP contribution in [-0.2, 0) is 20.1 Å². The van der Waals surface area contributed by atoms with Crippen molar-refractivity contribution < 1.29 is 19.5 Å². The number of aliphatic carboxylic acids is 1. The van der Waals surface area contributed by atoms with Crippen molar-refractivity contribution in [2.75, 3.05) is 32.4 Å². The molecule has 1 aromatic rings. The number of carbonyl (C=O) groups excluding carboxylic acids is 2. The first-order valence-electron chi connectivity index (χ1n) is 8.43. The molecule has 1 aliphatic heterocycles. The molecule has 0 radical (unpaired) electrons. The average Bonchev–Trinajstić information content (AvgIpc) is 2.63. The van der Waals surface area contributed by atoms with Gasteiger partial charge in [0.15, 0.2) is 0 Å². The van der Waals surface area contributed by atoms with Gasteiger partial charge in [-0.15, -0.1) is 11.8 Å². The molecule has 142 valence electrons. The number of hydrogen-bond donors (Lipinski definition) is 1. The number of amides is 2. The van der Waals surface area contributed by atoms with Gasteiger partial charge in [-0.2, -0.15) is 0 Å². The number of halogens is 1. The third-order valence-corrected chi connectivity index (χ3v) is 5.57. The van der Waals surface area contributed by atoms with E-state index in [1.54, 1.807) is 11.9 Å². The summed E-state index contributed by atoms with van der Waals surface area (Å²) in [7, 11) is 1.60. The first-order chi connectivity index (χ1) is 12.4. The molecule has 0 saturated carbocycles. The molecule has 0 spiro atoms. The lowest BCUT2D eigenvalue weighted by atomic mass is 9.98. The fourth-order valence-electron chi connectivity index (χ4n) is 2.74. The number of thioether (sulfide) groups is 1. The molecular weight excluding hydrogens is 376 g/mol. The van der Waals surface area contributed by atoms with Crippen LogP contribution in [0.4, 0.5) is 0 Å². The van der Waals surface area contributed by atoms with Gasteiger partial charge < -0.3 is 14.9 Å². The molecule has 1 aliphatic rings. The Bertz CT molecular complexity index is 653. The Morgan fingerprint density at radius 2 is 2.00 bits per heavy atom. The van der Waals surface area contributed by atoms with Crippen LogP contribution in [0.3, 0.4) is 0 Å². The highest BCUT2D eigenvalue weighted by molar-refractivity contribution is 7.99. The van der Waals surface area contributed by atoms with Crippen LogP contribution in [0.15, 0.2) is 24.3 Å². The van der Waals surface area contributed by atoms with E-state index in [2.05, 4.69) is 0 Å². The Morgan fingerprint density at radius 3 is 2.65 bits per heavy atom. The third kappa shape index (κ3) is 6.21. The van der Waals surface area contributed by atoms with Crippen molar-refractivity contribution in [1.29, 1.82) is 0 Å². The molecule has 2 rings (SSSR count). The number of nitrogens with zero attached hydrogens (tertiary/aromatic N) is 2. The van der Waals surface area contributed by atoms with Gasteiger partial charge >= 0.3 is 5.97 Å². The van der Waals surface area contributed by atoms with Crippen molar-refractivity contribution in [3.8, 4) is 0 Å². The normalized spacial score (nSPS) is 17.0. The summed E-state index contributed by atoms with van der Waals surface area (Å²) in [5.74, 6) is -0.728. The van der Waals surface area contributed by atoms with E-state index < -0.39 is 11.9 Å². The topological polar surface area (TPSA) is 77.9 Å². The van der Waals surface area contributed by atoms with Crippen LogP contribution in [0.25, 0.3) is 0 Å². The number of likely N-dealkylation sites (N-methyl/N-ethyl adjacent to an activating group) is 1. The fraction of sp³-hybridized carbons (Fsp3) is 0.500. The van der Waals surface area contributed by atoms with E-state index in [-0.39, 0.29) is 30.7 Å². The maximum atomic E-state index is 12.3. The van der Waals surface area contributed by atoms with E-state index in [4.69, 9.17) is 16.7 Å². The summed E-state index contributed by atoms with van der Waals surface area (Å²) in [5.41, 5.74) is 1.08. The second-order valence-corrected chi connectivity index (χ2v) is 7.81. The van der Waals surface area contributed by atoms with E-state index in [9.17, 15) is 14.4 Å². The zero-order chi connectivity index (χ0) is 19.1. The van der Waals surface area contributed by atoms with E-state index in [0.29, 0.717) is 30.2 Å². The van der Waals surface area contributed by atoms with Gasteiger partial charge in [-0.1, -0.05) is 23.7 Å². The zero-order valence-corrected chi connectivity index (χ0v) is 16.3. The second kappa shape index (κ2) is 9.83. The van der Waals surface area contributed by atoms with Crippen LogP contribution < -0.4 is 0 Å². The summed E-state index contributed by atoms with van der Waals surface area (Å²) in [5, 5.41) is 9.78. The van der Waals surface area contributed by atoms with Crippen LogP contribution in [0.1, 0.15) is 18.4 Å². The van der Waals surface area contributed by atoms with E-state index in [0.717, 1.165) is 5.56 Å². The van der Waals surface area contributed by atoms with Crippen LogP contribution in [-0.4, -0.2) is 65.1 Å². The fourth-order valence-corrected chi connectivity index (χ4v) is 3.79. The van der Waals surface area contributed by atoms with E-state index in [1.807, 2.05) is 24.3 Å². The molecule has 0 aromatic heterocycles. The smallest absolute Gasteiger partial charge is 0.308 e. The highest BCUT2D eigenvalue weighted by Gasteiger charge is 2.28. The summed E-state index contributed by atoms with van der Waals surface area (Å²) in [6.45, 7) is 0.754. The minimum atomic E-state index is -0.870. The number of hydrogen-bond acceptors (Lipinski definition) is 4. The summed E-state index contributed by atoms with van der Waals surface area (Å²) < 4.78 is 0. The minimum Gasteiger partial charge on any atom is -0.481 e. The molecule has 8 heteroatoms. The molecule has 0 aliphatic carbocycles. The van der Waals surface area contributed by atoms with Crippen LogP contribution in [0.2, 0.25) is 5.02 Å². The van der Waals surface area contributed by atoms with Crippen LogP contribution in [0.5, 0.6) is 0 Å². The number of carboxylic acids is 1. The molecule has 6 nitrogen and oxygen atoms in total. The molecule has 1 N–H and O–H groups in total. The number of benzene rings is 1. The highest BCUT2D eigenvalue weighted by Crippen LogP contribution is 2.18. The molecule has 1 unspecified atom stereocenters. The van der Waals surface area contributed by atoms with Crippen molar-refractivity contribution in [3.63, 3.8) is 0 Å². The molecule has 1 saturated heterocycles. The maximum absolute atomic E-state index is 12.3. The highest BCUT2D eigenvalue weighted by atomic mass is 35.5. The second-order valence-electron chi connectivity index (χ2n) is 6.39. The monoisotopic (exact) mass is 398 g/mol. The van der Waals surface area contributed by atoms with Crippen molar-refractivity contribution in [3.05, 3.63) is 34.9 Å². The quantitative estimate of drug-likeness (QED) is 0.762. The van der Waals surface area contributed by atoms with Crippen molar-refractivity contribution in [2.45, 2.75) is 18.6 Å². The predicted octanol–water partition coefficient (Wildman–Crippen LogP) is 2.35. The Kier molecular flexibility index (Phi) is 7.78. The first kappa shape index (κ1) is 20.6. The number of piperidine rings is 1. The Labute approximate surface area is 162 Å². The van der Waals surface area contributed by atoms with Gasteiger partial charge in [-0.25, -0.2) is 0 Å². The number of rotatable bonds is 7. The van der Waals surface area contributed by atoms with Gasteiger partial charge in [0.05, 0.1) is 18.2 Å². The Balaban J connectivity index is 1.74. The SMILES string of the molecule is CN(CC(=O)N1CCCC(C(=O)O)C1)C(=O)CSCc1ccc(Cl)cc1. The molecule has 1 aromatic carbocycles. The van der Waals surface area contributed by atoms with Crippen LogP contribution >= 0.6 is 23.4 Å². The number of likely N-dealkylation sites (tertiary alicyclic amines) is 1. The van der Waals surface area contributed by atoms with Gasteiger partial charge in [0.2, 0.25) is 11.8 Å². The van der Waals surface area contributed by atoms with Crippen LogP contribution in [0, 0.1) is 5.92 Å². The molecule has 26 heavy (non-hydrogen) atoms. The number of carbonyl (C=O) groups is 3. The largest absolute Gasteiger partial charge is 0.481 e. The zero-order valence-electron chi connectivity index (χ0n) is 14.7. The Morgan fingerprint density at radius 1 is 1.31 bits per heavy atom. The van der Waals surface area contributed by atoms with Gasteiger partial charge in [-0.3, -0.25) is 14.4 Å². The summed E-state index contributed by atoms with van der Waals surface area (Å²) >= 11 is 7.32. The van der Waals surface area contributed by atoms with Crippen molar-refractivity contribution in [2.24, 2.45) is 5.92 Å². The Hall–Kier alpha value is -1.73. The molecular formula is C18H23ClN2O4S. The van der Waals surface area contributed by atoms with Gasteiger partial charge in [0.25, 0.3) is 0 Å². The lowest BCUT2D eigenvalue weighted by molar-refractivity contribution is -0.147. The number of carboxylic acid groups (broad SMARTS) is 1. The minimum absolute atomic E-state index is 0.0212. The lowest BCUT2D eigenvalue weighted by Gasteiger charge is -2.32. The molecule has 2 amide bonds. The molecule has 1 heterocycles. The van der Waals surface area contributed by atoms with Gasteiger partial charge in [0.1, 0.15) is 0 Å². The first-order valence-corrected chi connectivity index (χ1v) is 9.97. The van der Waals surface area contributed by atoms with Crippen molar-refractivity contribution in [1.82, 2.24) is 9.80 Å². The predicted molar refractivity (Wildman–Crippen MR) is 102 cm³/mol. The van der Waals surface area contributed by atoms with Crippen molar-refractivity contribution >= 4 is 41.1 Å². The summed E-state index contributed by atoms with van der Waals surface area (Å²) in [6, 6.07) is 7.46. The van der Waals surface area contributed by atoms with Gasteiger partial charge in [-0.05, 0) is 30.5 Å². The third-order valence-electron chi connectivity index (χ3n) is 4.33. The lowest BCUT2D eigenvalue weighted by Crippen LogP contribution is -2.47. The van der Waals surface area contributed by atoms with E-state index in [1.165, 1.54) is 16.7 Å². The standard InChI is InChI=1S/C18H23ClN2O4S/c1-20(10-16(22)21-8-2-3-14(9-21)18(24)25)17(23)12-26-11-13-4-6-15(19)7-5-13/h4-7,14H,2-3,8-12H2,1H3,(H,24,25). The molecule has 1 fully saturated rings.